The van der Waals surface area contributed by atoms with Crippen LogP contribution in [0.5, 0.6) is 11.5 Å². The smallest absolute Gasteiger partial charge is 0.305 e. The van der Waals surface area contributed by atoms with Gasteiger partial charge >= 0.3 is 5.97 Å². The van der Waals surface area contributed by atoms with E-state index in [0.29, 0.717) is 13.0 Å². The van der Waals surface area contributed by atoms with Crippen LogP contribution in [-0.2, 0) is 16.1 Å². The van der Waals surface area contributed by atoms with Gasteiger partial charge in [-0.2, -0.15) is 0 Å². The van der Waals surface area contributed by atoms with Crippen LogP contribution in [0.3, 0.4) is 0 Å². The highest BCUT2D eigenvalue weighted by Crippen LogP contribution is 2.25. The molecule has 0 saturated heterocycles. The summed E-state index contributed by atoms with van der Waals surface area (Å²) in [7, 11) is 4.69. The fourth-order valence-corrected chi connectivity index (χ4v) is 2.37. The third kappa shape index (κ3) is 10.3. The predicted octanol–water partition coefficient (Wildman–Crippen LogP) is 3.11. The van der Waals surface area contributed by atoms with Gasteiger partial charge in [0.1, 0.15) is 11.5 Å². The minimum Gasteiger partial charge on any atom is -0.497 e. The molecular formula is C19H32IN3O4. The molecule has 1 aromatic carbocycles. The zero-order valence-corrected chi connectivity index (χ0v) is 19.0. The van der Waals surface area contributed by atoms with Gasteiger partial charge in [0.15, 0.2) is 5.96 Å². The molecule has 7 nitrogen and oxygen atoms in total. The van der Waals surface area contributed by atoms with Gasteiger partial charge in [0.2, 0.25) is 0 Å². The van der Waals surface area contributed by atoms with Crippen molar-refractivity contribution in [2.45, 2.75) is 39.2 Å². The van der Waals surface area contributed by atoms with Crippen LogP contribution in [0.25, 0.3) is 0 Å². The maximum atomic E-state index is 11.1. The molecular weight excluding hydrogens is 461 g/mol. The van der Waals surface area contributed by atoms with E-state index in [9.17, 15) is 4.79 Å². The summed E-state index contributed by atoms with van der Waals surface area (Å²) < 4.78 is 15.3. The van der Waals surface area contributed by atoms with E-state index in [1.807, 2.05) is 25.1 Å². The minimum atomic E-state index is -0.152. The van der Waals surface area contributed by atoms with Gasteiger partial charge in [-0.15, -0.1) is 24.0 Å². The molecule has 0 unspecified atom stereocenters. The molecule has 27 heavy (non-hydrogen) atoms. The summed E-state index contributed by atoms with van der Waals surface area (Å²) in [6, 6.07) is 5.71. The van der Waals surface area contributed by atoms with Gasteiger partial charge in [-0.3, -0.25) is 4.79 Å². The highest BCUT2D eigenvalue weighted by atomic mass is 127. The largest absolute Gasteiger partial charge is 0.497 e. The van der Waals surface area contributed by atoms with Crippen molar-refractivity contribution in [2.24, 2.45) is 4.99 Å². The highest BCUT2D eigenvalue weighted by Gasteiger charge is 2.05. The van der Waals surface area contributed by atoms with Crippen molar-refractivity contribution < 1.29 is 19.0 Å². The van der Waals surface area contributed by atoms with Crippen LogP contribution < -0.4 is 20.1 Å². The van der Waals surface area contributed by atoms with Crippen LogP contribution in [-0.4, -0.2) is 46.3 Å². The number of halogens is 1. The van der Waals surface area contributed by atoms with Crippen molar-refractivity contribution in [2.75, 3.05) is 34.4 Å². The first kappa shape index (κ1) is 25.3. The lowest BCUT2D eigenvalue weighted by molar-refractivity contribution is -0.140. The molecule has 0 aliphatic rings. The van der Waals surface area contributed by atoms with E-state index in [0.717, 1.165) is 55.4 Å². The van der Waals surface area contributed by atoms with Crippen molar-refractivity contribution >= 4 is 35.9 Å². The third-order valence-electron chi connectivity index (χ3n) is 3.82. The predicted molar refractivity (Wildman–Crippen MR) is 118 cm³/mol. The molecule has 0 spiro atoms. The fraction of sp³-hybridized carbons (Fsp3) is 0.579. The summed E-state index contributed by atoms with van der Waals surface area (Å²) in [5.41, 5.74) is 0.989. The average molecular weight is 493 g/mol. The number of hydrogen-bond donors (Lipinski definition) is 2. The monoisotopic (exact) mass is 493 g/mol. The van der Waals surface area contributed by atoms with E-state index in [1.165, 1.54) is 7.11 Å². The van der Waals surface area contributed by atoms with E-state index < -0.39 is 0 Å². The maximum Gasteiger partial charge on any atom is 0.305 e. The van der Waals surface area contributed by atoms with Crippen LogP contribution in [0, 0.1) is 0 Å². The minimum absolute atomic E-state index is 0. The van der Waals surface area contributed by atoms with Crippen LogP contribution in [0.2, 0.25) is 0 Å². The number of guanidine groups is 1. The number of carbonyl (C=O) groups excluding carboxylic acids is 1. The summed E-state index contributed by atoms with van der Waals surface area (Å²) in [6.45, 7) is 4.12. The van der Waals surface area contributed by atoms with Crippen LogP contribution in [0.4, 0.5) is 0 Å². The SMILES string of the molecule is CCNC(=NCc1ccc(OC)cc1OC)NCCCCCC(=O)OC.I. The number of nitrogens with zero attached hydrogens (tertiary/aromatic N) is 1. The zero-order valence-electron chi connectivity index (χ0n) is 16.7. The molecule has 0 heterocycles. The molecule has 0 amide bonds. The van der Waals surface area contributed by atoms with Gasteiger partial charge in [0.25, 0.3) is 0 Å². The van der Waals surface area contributed by atoms with Crippen LogP contribution >= 0.6 is 24.0 Å². The second-order valence-corrected chi connectivity index (χ2v) is 5.69. The Morgan fingerprint density at radius 1 is 1.07 bits per heavy atom. The average Bonchev–Trinajstić information content (AvgIpc) is 2.68. The number of unbranched alkanes of at least 4 members (excludes halogenated alkanes) is 2. The molecule has 0 atom stereocenters. The number of aliphatic imine (C=N–C) groups is 1. The first-order chi connectivity index (χ1) is 12.6. The van der Waals surface area contributed by atoms with Crippen LogP contribution in [0.1, 0.15) is 38.2 Å². The molecule has 2 N–H and O–H groups in total. The van der Waals surface area contributed by atoms with Crippen molar-refractivity contribution in [3.8, 4) is 11.5 Å². The second kappa shape index (κ2) is 15.4. The molecule has 1 rings (SSSR count). The van der Waals surface area contributed by atoms with Gasteiger partial charge in [-0.1, -0.05) is 6.42 Å². The molecule has 0 saturated carbocycles. The number of benzene rings is 1. The molecule has 0 aromatic heterocycles. The summed E-state index contributed by atoms with van der Waals surface area (Å²) in [6.07, 6.45) is 3.24. The van der Waals surface area contributed by atoms with Crippen LogP contribution in [0.15, 0.2) is 23.2 Å². The molecule has 0 bridgehead atoms. The highest BCUT2D eigenvalue weighted by molar-refractivity contribution is 14.0. The van der Waals surface area contributed by atoms with E-state index in [2.05, 4.69) is 20.4 Å². The number of methoxy groups -OCH3 is 3. The Kier molecular flexibility index (Phi) is 14.4. The first-order valence-corrected chi connectivity index (χ1v) is 8.94. The molecule has 0 radical (unpaired) electrons. The number of ether oxygens (including phenoxy) is 3. The van der Waals surface area contributed by atoms with Gasteiger partial charge in [0, 0.05) is 31.1 Å². The van der Waals surface area contributed by atoms with Crippen molar-refractivity contribution in [1.29, 1.82) is 0 Å². The molecule has 8 heteroatoms. The standard InChI is InChI=1S/C19H31N3O4.HI/c1-5-20-19(21-12-8-6-7-9-18(23)26-4)22-14-15-10-11-16(24-2)13-17(15)25-3;/h10-11,13H,5-9,12,14H2,1-4H3,(H2,20,21,22);1H. The molecule has 1 aromatic rings. The van der Waals surface area contributed by atoms with E-state index >= 15 is 0 Å². The van der Waals surface area contributed by atoms with Crippen molar-refractivity contribution in [1.82, 2.24) is 10.6 Å². The molecule has 154 valence electrons. The first-order valence-electron chi connectivity index (χ1n) is 8.94. The zero-order chi connectivity index (χ0) is 19.2. The van der Waals surface area contributed by atoms with Gasteiger partial charge in [0.05, 0.1) is 27.9 Å². The lowest BCUT2D eigenvalue weighted by atomic mass is 10.2. The Hall–Kier alpha value is -1.71. The Morgan fingerprint density at radius 3 is 2.48 bits per heavy atom. The van der Waals surface area contributed by atoms with Crippen molar-refractivity contribution in [3.05, 3.63) is 23.8 Å². The second-order valence-electron chi connectivity index (χ2n) is 5.69. The van der Waals surface area contributed by atoms with E-state index in [-0.39, 0.29) is 29.9 Å². The Bertz CT molecular complexity index is 582. The topological polar surface area (TPSA) is 81.2 Å². The Labute approximate surface area is 179 Å². The number of nitrogens with one attached hydrogen (secondary N) is 2. The normalized spacial score (nSPS) is 10.6. The fourth-order valence-electron chi connectivity index (χ4n) is 2.37. The maximum absolute atomic E-state index is 11.1. The Morgan fingerprint density at radius 2 is 1.85 bits per heavy atom. The van der Waals surface area contributed by atoms with Gasteiger partial charge in [-0.05, 0) is 31.9 Å². The summed E-state index contributed by atoms with van der Waals surface area (Å²) in [4.78, 5) is 15.7. The lowest BCUT2D eigenvalue weighted by Crippen LogP contribution is -2.37. The Balaban J connectivity index is 0.00000676. The number of rotatable bonds is 11. The number of hydrogen-bond acceptors (Lipinski definition) is 5. The van der Waals surface area contributed by atoms with Gasteiger partial charge < -0.3 is 24.8 Å². The quantitative estimate of drug-likeness (QED) is 0.162. The van der Waals surface area contributed by atoms with E-state index in [4.69, 9.17) is 9.47 Å². The summed E-state index contributed by atoms with van der Waals surface area (Å²) >= 11 is 0. The van der Waals surface area contributed by atoms with E-state index in [1.54, 1.807) is 14.2 Å². The molecule has 0 aliphatic carbocycles. The van der Waals surface area contributed by atoms with Crippen molar-refractivity contribution in [3.63, 3.8) is 0 Å². The van der Waals surface area contributed by atoms with Gasteiger partial charge in [-0.25, -0.2) is 4.99 Å². The molecule has 0 aliphatic heterocycles. The summed E-state index contributed by atoms with van der Waals surface area (Å²) in [5.74, 6) is 2.12. The number of esters is 1. The summed E-state index contributed by atoms with van der Waals surface area (Å²) in [5, 5.41) is 6.54. The number of carbonyl (C=O) groups is 1. The lowest BCUT2D eigenvalue weighted by Gasteiger charge is -2.12. The third-order valence-corrected chi connectivity index (χ3v) is 3.82. The molecule has 0 fully saturated rings.